The van der Waals surface area contributed by atoms with Gasteiger partial charge in [0.1, 0.15) is 17.3 Å². The van der Waals surface area contributed by atoms with Gasteiger partial charge >= 0.3 is 0 Å². The Labute approximate surface area is 172 Å². The summed E-state index contributed by atoms with van der Waals surface area (Å²) in [6.07, 6.45) is 8.43. The van der Waals surface area contributed by atoms with Crippen LogP contribution in [-0.4, -0.2) is 54.8 Å². The molecule has 1 aromatic heterocycles. The first-order chi connectivity index (χ1) is 14.2. The molecule has 3 heterocycles. The Bertz CT molecular complexity index is 791. The zero-order valence-corrected chi connectivity index (χ0v) is 17.4. The molecule has 2 aliphatic heterocycles. The van der Waals surface area contributed by atoms with Gasteiger partial charge in [-0.2, -0.15) is 4.98 Å². The van der Waals surface area contributed by atoms with E-state index in [-0.39, 0.29) is 0 Å². The number of rotatable bonds is 7. The first-order valence-electron chi connectivity index (χ1n) is 10.6. The van der Waals surface area contributed by atoms with Gasteiger partial charge < -0.3 is 25.0 Å². The van der Waals surface area contributed by atoms with E-state index in [2.05, 4.69) is 25.5 Å². The fraction of sp³-hybridized carbons (Fsp3) is 0.545. The second kappa shape index (κ2) is 9.31. The Balaban J connectivity index is 1.40. The topological polar surface area (TPSA) is 71.5 Å². The zero-order valence-electron chi connectivity index (χ0n) is 17.4. The van der Waals surface area contributed by atoms with Gasteiger partial charge in [0, 0.05) is 42.7 Å². The SMILES string of the molecule is COc1cc(Nc2nccc(NCC3CCCN4CCCCC34)n2)cc(OC)c1. The summed E-state index contributed by atoms with van der Waals surface area (Å²) in [6.45, 7) is 3.50. The van der Waals surface area contributed by atoms with E-state index in [9.17, 15) is 0 Å². The molecule has 0 radical (unpaired) electrons. The minimum absolute atomic E-state index is 0.549. The maximum atomic E-state index is 5.33. The van der Waals surface area contributed by atoms with Crippen LogP contribution in [0.25, 0.3) is 0 Å². The third kappa shape index (κ3) is 4.90. The van der Waals surface area contributed by atoms with E-state index >= 15 is 0 Å². The summed E-state index contributed by atoms with van der Waals surface area (Å²) in [6, 6.07) is 8.28. The number of benzene rings is 1. The summed E-state index contributed by atoms with van der Waals surface area (Å²) in [4.78, 5) is 11.7. The van der Waals surface area contributed by atoms with Gasteiger partial charge in [0.2, 0.25) is 5.95 Å². The van der Waals surface area contributed by atoms with Gasteiger partial charge in [0.25, 0.3) is 0 Å². The number of nitrogens with one attached hydrogen (secondary N) is 2. The molecule has 2 unspecified atom stereocenters. The summed E-state index contributed by atoms with van der Waals surface area (Å²) >= 11 is 0. The Morgan fingerprint density at radius 3 is 2.62 bits per heavy atom. The van der Waals surface area contributed by atoms with Gasteiger partial charge in [-0.15, -0.1) is 0 Å². The number of fused-ring (bicyclic) bond motifs is 1. The normalized spacial score (nSPS) is 21.9. The highest BCUT2D eigenvalue weighted by Gasteiger charge is 2.32. The molecule has 2 aromatic rings. The molecule has 29 heavy (non-hydrogen) atoms. The maximum absolute atomic E-state index is 5.33. The van der Waals surface area contributed by atoms with E-state index in [0.29, 0.717) is 11.9 Å². The van der Waals surface area contributed by atoms with Gasteiger partial charge in [-0.3, -0.25) is 0 Å². The highest BCUT2D eigenvalue weighted by Crippen LogP contribution is 2.31. The molecule has 0 bridgehead atoms. The van der Waals surface area contributed by atoms with E-state index < -0.39 is 0 Å². The minimum atomic E-state index is 0.549. The second-order valence-electron chi connectivity index (χ2n) is 7.87. The van der Waals surface area contributed by atoms with Crippen LogP contribution in [0.1, 0.15) is 32.1 Å². The van der Waals surface area contributed by atoms with E-state index in [4.69, 9.17) is 9.47 Å². The van der Waals surface area contributed by atoms with Crippen molar-refractivity contribution < 1.29 is 9.47 Å². The van der Waals surface area contributed by atoms with Crippen LogP contribution in [0.2, 0.25) is 0 Å². The summed E-state index contributed by atoms with van der Waals surface area (Å²) in [7, 11) is 3.27. The molecule has 1 aromatic carbocycles. The number of ether oxygens (including phenoxy) is 2. The van der Waals surface area contributed by atoms with Crippen LogP contribution >= 0.6 is 0 Å². The van der Waals surface area contributed by atoms with Gasteiger partial charge in [-0.05, 0) is 50.8 Å². The molecular formula is C22H31N5O2. The second-order valence-corrected chi connectivity index (χ2v) is 7.87. The van der Waals surface area contributed by atoms with Crippen molar-refractivity contribution in [2.24, 2.45) is 5.92 Å². The molecule has 2 saturated heterocycles. The number of hydrogen-bond donors (Lipinski definition) is 2. The monoisotopic (exact) mass is 397 g/mol. The molecule has 2 atom stereocenters. The smallest absolute Gasteiger partial charge is 0.229 e. The standard InChI is InChI=1S/C22H31N5O2/c1-28-18-12-17(13-19(14-18)29-2)25-22-23-9-8-21(26-22)24-15-16-6-5-11-27-10-4-3-7-20(16)27/h8-9,12-14,16,20H,3-7,10-11,15H2,1-2H3,(H2,23,24,25,26). The largest absolute Gasteiger partial charge is 0.497 e. The molecule has 0 aliphatic carbocycles. The van der Waals surface area contributed by atoms with Crippen LogP contribution in [0.15, 0.2) is 30.5 Å². The number of aromatic nitrogens is 2. The van der Waals surface area contributed by atoms with Crippen LogP contribution in [-0.2, 0) is 0 Å². The molecule has 2 aliphatic rings. The lowest BCUT2D eigenvalue weighted by Crippen LogP contribution is -2.49. The number of hydrogen-bond acceptors (Lipinski definition) is 7. The molecule has 0 saturated carbocycles. The molecule has 0 spiro atoms. The molecule has 7 heteroatoms. The summed E-state index contributed by atoms with van der Waals surface area (Å²) in [5.41, 5.74) is 0.823. The van der Waals surface area contributed by atoms with Crippen molar-refractivity contribution in [2.45, 2.75) is 38.1 Å². The maximum Gasteiger partial charge on any atom is 0.229 e. The van der Waals surface area contributed by atoms with Gasteiger partial charge in [-0.25, -0.2) is 4.98 Å². The van der Waals surface area contributed by atoms with Crippen molar-refractivity contribution in [3.05, 3.63) is 30.5 Å². The minimum Gasteiger partial charge on any atom is -0.497 e. The molecule has 156 valence electrons. The number of nitrogens with zero attached hydrogens (tertiary/aromatic N) is 3. The Hall–Kier alpha value is -2.54. The fourth-order valence-corrected chi connectivity index (χ4v) is 4.58. The van der Waals surface area contributed by atoms with Crippen molar-refractivity contribution in [2.75, 3.05) is 44.5 Å². The number of methoxy groups -OCH3 is 2. The first kappa shape index (κ1) is 19.8. The summed E-state index contributed by atoms with van der Waals surface area (Å²) in [5, 5.41) is 6.80. The molecule has 2 N–H and O–H groups in total. The van der Waals surface area contributed by atoms with E-state index in [0.717, 1.165) is 35.6 Å². The van der Waals surface area contributed by atoms with Crippen molar-refractivity contribution in [1.82, 2.24) is 14.9 Å². The lowest BCUT2D eigenvalue weighted by atomic mass is 9.83. The van der Waals surface area contributed by atoms with Crippen LogP contribution < -0.4 is 20.1 Å². The Morgan fingerprint density at radius 2 is 1.83 bits per heavy atom. The van der Waals surface area contributed by atoms with Gasteiger partial charge in [-0.1, -0.05) is 6.42 Å². The van der Waals surface area contributed by atoms with E-state index in [1.165, 1.54) is 45.2 Å². The van der Waals surface area contributed by atoms with Crippen molar-refractivity contribution in [3.8, 4) is 11.5 Å². The first-order valence-corrected chi connectivity index (χ1v) is 10.6. The van der Waals surface area contributed by atoms with Crippen LogP contribution in [0.3, 0.4) is 0 Å². The molecule has 0 amide bonds. The third-order valence-corrected chi connectivity index (χ3v) is 6.04. The lowest BCUT2D eigenvalue weighted by Gasteiger charge is -2.44. The van der Waals surface area contributed by atoms with Gasteiger partial charge in [0.15, 0.2) is 0 Å². The van der Waals surface area contributed by atoms with E-state index in [1.54, 1.807) is 20.4 Å². The number of anilines is 3. The highest BCUT2D eigenvalue weighted by atomic mass is 16.5. The number of piperidine rings is 2. The summed E-state index contributed by atoms with van der Waals surface area (Å²) in [5.74, 6) is 3.53. The molecule has 7 nitrogen and oxygen atoms in total. The van der Waals surface area contributed by atoms with Crippen LogP contribution in [0, 0.1) is 5.92 Å². The van der Waals surface area contributed by atoms with Crippen LogP contribution in [0.4, 0.5) is 17.5 Å². The van der Waals surface area contributed by atoms with Crippen molar-refractivity contribution in [3.63, 3.8) is 0 Å². The van der Waals surface area contributed by atoms with Crippen LogP contribution in [0.5, 0.6) is 11.5 Å². The predicted molar refractivity (Wildman–Crippen MR) is 115 cm³/mol. The Kier molecular flexibility index (Phi) is 6.34. The fourth-order valence-electron chi connectivity index (χ4n) is 4.58. The van der Waals surface area contributed by atoms with Crippen molar-refractivity contribution >= 4 is 17.5 Å². The van der Waals surface area contributed by atoms with Crippen molar-refractivity contribution in [1.29, 1.82) is 0 Å². The average Bonchev–Trinajstić information content (AvgIpc) is 2.77. The Morgan fingerprint density at radius 1 is 1.03 bits per heavy atom. The third-order valence-electron chi connectivity index (χ3n) is 6.04. The lowest BCUT2D eigenvalue weighted by molar-refractivity contribution is 0.0649. The molecule has 2 fully saturated rings. The zero-order chi connectivity index (χ0) is 20.1. The average molecular weight is 398 g/mol. The van der Waals surface area contributed by atoms with E-state index in [1.807, 2.05) is 24.3 Å². The quantitative estimate of drug-likeness (QED) is 0.734. The highest BCUT2D eigenvalue weighted by molar-refractivity contribution is 5.60. The van der Waals surface area contributed by atoms with Gasteiger partial charge in [0.05, 0.1) is 14.2 Å². The molecule has 4 rings (SSSR count). The molecular weight excluding hydrogens is 366 g/mol. The summed E-state index contributed by atoms with van der Waals surface area (Å²) < 4.78 is 10.7. The predicted octanol–water partition coefficient (Wildman–Crippen LogP) is 3.91.